The Bertz CT molecular complexity index is 1070. The van der Waals surface area contributed by atoms with Gasteiger partial charge >= 0.3 is 0 Å². The highest BCUT2D eigenvalue weighted by atomic mass is 19.1. The summed E-state index contributed by atoms with van der Waals surface area (Å²) in [6, 6.07) is 19.0. The number of aromatic nitrogens is 2. The summed E-state index contributed by atoms with van der Waals surface area (Å²) in [5, 5.41) is 0. The highest BCUT2D eigenvalue weighted by Crippen LogP contribution is 2.28. The summed E-state index contributed by atoms with van der Waals surface area (Å²) in [4.78, 5) is 4.57. The number of halogens is 2. The average Bonchev–Trinajstić information content (AvgIpc) is 2.97. The fourth-order valence-electron chi connectivity index (χ4n) is 3.10. The van der Waals surface area contributed by atoms with Crippen molar-refractivity contribution in [2.45, 2.75) is 13.5 Å². The van der Waals surface area contributed by atoms with Crippen molar-refractivity contribution in [3.05, 3.63) is 89.5 Å². The van der Waals surface area contributed by atoms with E-state index in [9.17, 15) is 8.78 Å². The molecule has 0 aliphatic carbocycles. The van der Waals surface area contributed by atoms with E-state index in [1.807, 2.05) is 35.8 Å². The molecular formula is C21H16F2N2. The smallest absolute Gasteiger partial charge is 0.149 e. The van der Waals surface area contributed by atoms with E-state index in [1.54, 1.807) is 24.3 Å². The molecule has 0 unspecified atom stereocenters. The van der Waals surface area contributed by atoms with Crippen molar-refractivity contribution in [1.29, 1.82) is 0 Å². The van der Waals surface area contributed by atoms with Gasteiger partial charge in [0.25, 0.3) is 0 Å². The minimum Gasteiger partial charge on any atom is -0.317 e. The number of aryl methyl sites for hydroxylation is 1. The number of rotatable bonds is 3. The zero-order valence-corrected chi connectivity index (χ0v) is 13.7. The van der Waals surface area contributed by atoms with E-state index >= 15 is 0 Å². The summed E-state index contributed by atoms with van der Waals surface area (Å²) in [5.74, 6) is -0.114. The van der Waals surface area contributed by atoms with Crippen LogP contribution in [0.25, 0.3) is 22.4 Å². The topological polar surface area (TPSA) is 17.8 Å². The van der Waals surface area contributed by atoms with Crippen LogP contribution in [0.1, 0.15) is 11.1 Å². The van der Waals surface area contributed by atoms with Gasteiger partial charge in [-0.3, -0.25) is 0 Å². The Labute approximate surface area is 144 Å². The molecule has 0 fully saturated rings. The number of nitrogens with zero attached hydrogens (tertiary/aromatic N) is 2. The molecule has 0 atom stereocenters. The molecule has 124 valence electrons. The molecule has 0 N–H and O–H groups in total. The summed E-state index contributed by atoms with van der Waals surface area (Å²) < 4.78 is 30.0. The number of fused-ring (bicyclic) bond motifs is 1. The molecule has 0 aliphatic rings. The molecule has 0 saturated carbocycles. The molecule has 0 spiro atoms. The van der Waals surface area contributed by atoms with E-state index in [1.165, 1.54) is 18.2 Å². The van der Waals surface area contributed by atoms with Gasteiger partial charge in [-0.15, -0.1) is 0 Å². The lowest BCUT2D eigenvalue weighted by molar-refractivity contribution is 0.626. The Balaban J connectivity index is 1.97. The van der Waals surface area contributed by atoms with E-state index in [0.29, 0.717) is 29.0 Å². The van der Waals surface area contributed by atoms with E-state index < -0.39 is 0 Å². The van der Waals surface area contributed by atoms with Gasteiger partial charge in [0.05, 0.1) is 12.1 Å². The maximum absolute atomic E-state index is 14.5. The quantitative estimate of drug-likeness (QED) is 0.494. The van der Waals surface area contributed by atoms with Gasteiger partial charge in [0.15, 0.2) is 0 Å². The first kappa shape index (κ1) is 15.5. The van der Waals surface area contributed by atoms with Gasteiger partial charge in [0.1, 0.15) is 23.0 Å². The highest BCUT2D eigenvalue weighted by molar-refractivity contribution is 5.81. The monoisotopic (exact) mass is 334 g/mol. The van der Waals surface area contributed by atoms with Gasteiger partial charge in [-0.1, -0.05) is 42.5 Å². The van der Waals surface area contributed by atoms with Crippen molar-refractivity contribution in [2.75, 3.05) is 0 Å². The van der Waals surface area contributed by atoms with Gasteiger partial charge in [-0.05, 0) is 42.3 Å². The lowest BCUT2D eigenvalue weighted by Crippen LogP contribution is -2.05. The molecule has 0 saturated heterocycles. The van der Waals surface area contributed by atoms with Gasteiger partial charge in [-0.25, -0.2) is 13.8 Å². The van der Waals surface area contributed by atoms with Crippen molar-refractivity contribution >= 4 is 11.0 Å². The molecule has 0 radical (unpaired) electrons. The van der Waals surface area contributed by atoms with Crippen LogP contribution >= 0.6 is 0 Å². The maximum Gasteiger partial charge on any atom is 0.149 e. The second-order valence-corrected chi connectivity index (χ2v) is 6.07. The number of imidazole rings is 1. The van der Waals surface area contributed by atoms with Crippen LogP contribution in [0.15, 0.2) is 66.7 Å². The van der Waals surface area contributed by atoms with Crippen LogP contribution in [0.5, 0.6) is 0 Å². The Morgan fingerprint density at radius 3 is 2.52 bits per heavy atom. The third kappa shape index (κ3) is 2.80. The molecule has 0 aliphatic heterocycles. The Hall–Kier alpha value is -3.01. The van der Waals surface area contributed by atoms with Gasteiger partial charge in [0.2, 0.25) is 0 Å². The molecule has 1 heterocycles. The lowest BCUT2D eigenvalue weighted by Gasteiger charge is -2.12. The Kier molecular flexibility index (Phi) is 3.80. The maximum atomic E-state index is 14.5. The number of benzene rings is 3. The second-order valence-electron chi connectivity index (χ2n) is 6.07. The predicted octanol–water partition coefficient (Wildman–Crippen LogP) is 5.34. The molecule has 1 aromatic heterocycles. The molecule has 4 rings (SSSR count). The normalized spacial score (nSPS) is 11.2. The number of hydrogen-bond donors (Lipinski definition) is 0. The molecule has 25 heavy (non-hydrogen) atoms. The van der Waals surface area contributed by atoms with Gasteiger partial charge < -0.3 is 4.57 Å². The lowest BCUT2D eigenvalue weighted by atomic mass is 10.1. The third-order valence-corrected chi connectivity index (χ3v) is 4.39. The van der Waals surface area contributed by atoms with Crippen LogP contribution < -0.4 is 0 Å². The Morgan fingerprint density at radius 2 is 1.72 bits per heavy atom. The van der Waals surface area contributed by atoms with Crippen molar-refractivity contribution in [1.82, 2.24) is 9.55 Å². The zero-order valence-electron chi connectivity index (χ0n) is 13.7. The van der Waals surface area contributed by atoms with Crippen molar-refractivity contribution in [3.8, 4) is 11.4 Å². The molecule has 3 aromatic carbocycles. The number of para-hydroxylation sites is 1. The molecule has 4 heteroatoms. The third-order valence-electron chi connectivity index (χ3n) is 4.39. The van der Waals surface area contributed by atoms with Crippen molar-refractivity contribution in [2.24, 2.45) is 0 Å². The van der Waals surface area contributed by atoms with Crippen LogP contribution in [-0.4, -0.2) is 9.55 Å². The van der Waals surface area contributed by atoms with Gasteiger partial charge in [0, 0.05) is 5.56 Å². The fourth-order valence-corrected chi connectivity index (χ4v) is 3.10. The van der Waals surface area contributed by atoms with Crippen molar-refractivity contribution < 1.29 is 8.78 Å². The number of hydrogen-bond acceptors (Lipinski definition) is 1. The summed E-state index contributed by atoms with van der Waals surface area (Å²) in [6.07, 6.45) is 0. The SMILES string of the molecule is Cc1ccccc1Cn1c(-c2cccc(F)c2)nc2cccc(F)c21. The Morgan fingerprint density at radius 1 is 0.920 bits per heavy atom. The van der Waals surface area contributed by atoms with Crippen LogP contribution in [0.3, 0.4) is 0 Å². The standard InChI is InChI=1S/C21H16F2N2/c1-14-6-2-3-7-16(14)13-25-20-18(23)10-5-11-19(20)24-21(25)15-8-4-9-17(22)12-15/h2-12H,13H2,1H3. The molecule has 0 amide bonds. The van der Waals surface area contributed by atoms with E-state index in [-0.39, 0.29) is 11.6 Å². The summed E-state index contributed by atoms with van der Waals surface area (Å²) in [6.45, 7) is 2.49. The first-order valence-corrected chi connectivity index (χ1v) is 8.08. The zero-order chi connectivity index (χ0) is 17.4. The molecule has 4 aromatic rings. The summed E-state index contributed by atoms with van der Waals surface area (Å²) >= 11 is 0. The van der Waals surface area contributed by atoms with E-state index in [2.05, 4.69) is 4.98 Å². The molecule has 0 bridgehead atoms. The van der Waals surface area contributed by atoms with Crippen LogP contribution in [0.4, 0.5) is 8.78 Å². The summed E-state index contributed by atoms with van der Waals surface area (Å²) in [5.41, 5.74) is 3.82. The van der Waals surface area contributed by atoms with Crippen LogP contribution in [0, 0.1) is 18.6 Å². The average molecular weight is 334 g/mol. The molecule has 2 nitrogen and oxygen atoms in total. The van der Waals surface area contributed by atoms with E-state index in [4.69, 9.17) is 0 Å². The minimum atomic E-state index is -0.340. The summed E-state index contributed by atoms with van der Waals surface area (Å²) in [7, 11) is 0. The fraction of sp³-hybridized carbons (Fsp3) is 0.0952. The van der Waals surface area contributed by atoms with E-state index in [0.717, 1.165) is 11.1 Å². The van der Waals surface area contributed by atoms with Crippen LogP contribution in [0.2, 0.25) is 0 Å². The second kappa shape index (κ2) is 6.13. The first-order valence-electron chi connectivity index (χ1n) is 8.08. The first-order chi connectivity index (χ1) is 12.1. The van der Waals surface area contributed by atoms with Crippen molar-refractivity contribution in [3.63, 3.8) is 0 Å². The minimum absolute atomic E-state index is 0.332. The highest BCUT2D eigenvalue weighted by Gasteiger charge is 2.17. The van der Waals surface area contributed by atoms with Gasteiger partial charge in [-0.2, -0.15) is 0 Å². The molecular weight excluding hydrogens is 318 g/mol. The predicted molar refractivity (Wildman–Crippen MR) is 95.4 cm³/mol. The van der Waals surface area contributed by atoms with Crippen LogP contribution in [-0.2, 0) is 6.54 Å². The largest absolute Gasteiger partial charge is 0.317 e.